The van der Waals surface area contributed by atoms with Crippen LogP contribution in [0.3, 0.4) is 0 Å². The van der Waals surface area contributed by atoms with Crippen molar-refractivity contribution in [1.82, 2.24) is 15.6 Å². The van der Waals surface area contributed by atoms with E-state index in [1.807, 2.05) is 44.3 Å². The minimum atomic E-state index is -0.0317. The highest BCUT2D eigenvalue weighted by atomic mass is 16.5. The van der Waals surface area contributed by atoms with E-state index in [2.05, 4.69) is 41.6 Å². The number of hydrogen-bond donors (Lipinski definition) is 2. The van der Waals surface area contributed by atoms with Gasteiger partial charge < -0.3 is 19.8 Å². The molecule has 154 valence electrons. The van der Waals surface area contributed by atoms with Crippen LogP contribution in [-0.4, -0.2) is 30.6 Å². The molecular weight excluding hydrogens is 364 g/mol. The zero-order valence-electron chi connectivity index (χ0n) is 17.7. The molecule has 0 bridgehead atoms. The zero-order valence-corrected chi connectivity index (χ0v) is 17.7. The number of aryl methyl sites for hydroxylation is 1. The average Bonchev–Trinajstić information content (AvgIpc) is 3.15. The Balaban J connectivity index is 1.68. The number of aliphatic imine (C=N–C) groups is 1. The summed E-state index contributed by atoms with van der Waals surface area (Å²) < 4.78 is 11.8. The van der Waals surface area contributed by atoms with Crippen LogP contribution in [0, 0.1) is 6.92 Å². The predicted octanol–water partition coefficient (Wildman–Crippen LogP) is 4.39. The summed E-state index contributed by atoms with van der Waals surface area (Å²) >= 11 is 0. The number of aromatic nitrogens is 1. The van der Waals surface area contributed by atoms with Crippen LogP contribution in [0.1, 0.15) is 43.8 Å². The summed E-state index contributed by atoms with van der Waals surface area (Å²) in [6.45, 7) is 10.2. The number of hydrogen-bond acceptors (Lipinski definition) is 4. The van der Waals surface area contributed by atoms with Gasteiger partial charge in [-0.05, 0) is 57.9 Å². The molecule has 3 aromatic rings. The number of pyridine rings is 1. The summed E-state index contributed by atoms with van der Waals surface area (Å²) in [5.74, 6) is 2.39. The Labute approximate surface area is 172 Å². The molecule has 2 heterocycles. The molecule has 0 radical (unpaired) electrons. The second kappa shape index (κ2) is 9.96. The molecule has 0 fully saturated rings. The smallest absolute Gasteiger partial charge is 0.191 e. The lowest BCUT2D eigenvalue weighted by Crippen LogP contribution is -2.38. The standard InChI is InChI=1S/C23H30N4O2/c1-5-24-23(25-13-12-18-11-10-16(3)26-15-18)27-17(4)21-14-19-8-7-9-20(28-6-2)22(19)29-21/h7-11,14-15,17H,5-6,12-13H2,1-4H3,(H2,24,25,27). The highest BCUT2D eigenvalue weighted by Gasteiger charge is 2.15. The molecule has 6 heteroatoms. The van der Waals surface area contributed by atoms with E-state index in [0.717, 1.165) is 47.1 Å². The fourth-order valence-corrected chi connectivity index (χ4v) is 3.08. The molecule has 2 aromatic heterocycles. The highest BCUT2D eigenvalue weighted by Crippen LogP contribution is 2.31. The number of benzene rings is 1. The Morgan fingerprint density at radius 2 is 2.10 bits per heavy atom. The van der Waals surface area contributed by atoms with Crippen molar-refractivity contribution in [2.75, 3.05) is 19.7 Å². The SMILES string of the molecule is CCNC(=NCCc1ccc(C)nc1)NC(C)c1cc2cccc(OCC)c2o1. The first-order chi connectivity index (χ1) is 14.1. The third-order valence-corrected chi connectivity index (χ3v) is 4.59. The number of ether oxygens (including phenoxy) is 1. The third kappa shape index (κ3) is 5.50. The lowest BCUT2D eigenvalue weighted by Gasteiger charge is -2.16. The van der Waals surface area contributed by atoms with Gasteiger partial charge in [0.2, 0.25) is 0 Å². The van der Waals surface area contributed by atoms with Crippen molar-refractivity contribution < 1.29 is 9.15 Å². The molecule has 1 atom stereocenters. The summed E-state index contributed by atoms with van der Waals surface area (Å²) in [6, 6.07) is 12.1. The van der Waals surface area contributed by atoms with Crippen LogP contribution in [0.2, 0.25) is 0 Å². The van der Waals surface area contributed by atoms with Crippen molar-refractivity contribution in [3.05, 3.63) is 59.6 Å². The van der Waals surface area contributed by atoms with Crippen LogP contribution in [0.25, 0.3) is 11.0 Å². The lowest BCUT2D eigenvalue weighted by atomic mass is 10.2. The van der Waals surface area contributed by atoms with Crippen molar-refractivity contribution in [2.24, 2.45) is 4.99 Å². The predicted molar refractivity (Wildman–Crippen MR) is 118 cm³/mol. The largest absolute Gasteiger partial charge is 0.490 e. The van der Waals surface area contributed by atoms with Crippen molar-refractivity contribution in [2.45, 2.75) is 40.2 Å². The Hall–Kier alpha value is -3.02. The Kier molecular flexibility index (Phi) is 7.11. The van der Waals surface area contributed by atoms with Crippen molar-refractivity contribution in [1.29, 1.82) is 0 Å². The molecule has 0 aliphatic heterocycles. The Bertz CT molecular complexity index is 947. The van der Waals surface area contributed by atoms with Gasteiger partial charge in [0.1, 0.15) is 5.76 Å². The van der Waals surface area contributed by atoms with E-state index in [0.29, 0.717) is 13.2 Å². The molecule has 0 saturated carbocycles. The number of rotatable bonds is 8. The van der Waals surface area contributed by atoms with Crippen LogP contribution in [0.4, 0.5) is 0 Å². The highest BCUT2D eigenvalue weighted by molar-refractivity contribution is 5.84. The van der Waals surface area contributed by atoms with E-state index in [9.17, 15) is 0 Å². The van der Waals surface area contributed by atoms with Gasteiger partial charge in [-0.15, -0.1) is 0 Å². The topological polar surface area (TPSA) is 71.7 Å². The van der Waals surface area contributed by atoms with Crippen LogP contribution >= 0.6 is 0 Å². The van der Waals surface area contributed by atoms with Crippen LogP contribution < -0.4 is 15.4 Å². The van der Waals surface area contributed by atoms with Crippen molar-refractivity contribution >= 4 is 16.9 Å². The first-order valence-electron chi connectivity index (χ1n) is 10.2. The van der Waals surface area contributed by atoms with E-state index in [4.69, 9.17) is 14.1 Å². The van der Waals surface area contributed by atoms with Gasteiger partial charge in [-0.3, -0.25) is 9.98 Å². The van der Waals surface area contributed by atoms with Gasteiger partial charge in [0.25, 0.3) is 0 Å². The summed E-state index contributed by atoms with van der Waals surface area (Å²) in [6.07, 6.45) is 2.76. The lowest BCUT2D eigenvalue weighted by molar-refractivity contribution is 0.336. The van der Waals surface area contributed by atoms with E-state index in [-0.39, 0.29) is 6.04 Å². The molecular formula is C23H30N4O2. The van der Waals surface area contributed by atoms with Crippen molar-refractivity contribution in [3.8, 4) is 5.75 Å². The van der Waals surface area contributed by atoms with E-state index in [1.165, 1.54) is 5.56 Å². The Morgan fingerprint density at radius 1 is 1.24 bits per heavy atom. The molecule has 1 unspecified atom stereocenters. The second-order valence-corrected chi connectivity index (χ2v) is 6.94. The van der Waals surface area contributed by atoms with Gasteiger partial charge in [0, 0.05) is 30.4 Å². The molecule has 0 saturated heterocycles. The van der Waals surface area contributed by atoms with Crippen LogP contribution in [0.15, 0.2) is 52.0 Å². The second-order valence-electron chi connectivity index (χ2n) is 6.94. The molecule has 29 heavy (non-hydrogen) atoms. The summed E-state index contributed by atoms with van der Waals surface area (Å²) in [4.78, 5) is 9.04. The zero-order chi connectivity index (χ0) is 20.6. The van der Waals surface area contributed by atoms with Crippen LogP contribution in [0.5, 0.6) is 5.75 Å². The fourth-order valence-electron chi connectivity index (χ4n) is 3.08. The summed E-state index contributed by atoms with van der Waals surface area (Å²) in [5, 5.41) is 7.77. The quantitative estimate of drug-likeness (QED) is 0.438. The van der Waals surface area contributed by atoms with E-state index >= 15 is 0 Å². The van der Waals surface area contributed by atoms with Crippen molar-refractivity contribution in [3.63, 3.8) is 0 Å². The molecule has 1 aromatic carbocycles. The van der Waals surface area contributed by atoms with E-state index in [1.54, 1.807) is 0 Å². The summed E-state index contributed by atoms with van der Waals surface area (Å²) in [5.41, 5.74) is 3.00. The van der Waals surface area contributed by atoms with Crippen LogP contribution in [-0.2, 0) is 6.42 Å². The molecule has 3 rings (SSSR count). The monoisotopic (exact) mass is 394 g/mol. The summed E-state index contributed by atoms with van der Waals surface area (Å²) in [7, 11) is 0. The number of para-hydroxylation sites is 1. The van der Waals surface area contributed by atoms with Gasteiger partial charge >= 0.3 is 0 Å². The Morgan fingerprint density at radius 3 is 2.83 bits per heavy atom. The molecule has 6 nitrogen and oxygen atoms in total. The van der Waals surface area contributed by atoms with Gasteiger partial charge in [-0.1, -0.05) is 18.2 Å². The average molecular weight is 395 g/mol. The molecule has 0 spiro atoms. The molecule has 0 aliphatic rings. The molecule has 2 N–H and O–H groups in total. The van der Waals surface area contributed by atoms with E-state index < -0.39 is 0 Å². The van der Waals surface area contributed by atoms with Gasteiger partial charge in [-0.25, -0.2) is 0 Å². The molecule has 0 amide bonds. The third-order valence-electron chi connectivity index (χ3n) is 4.59. The number of fused-ring (bicyclic) bond motifs is 1. The maximum absolute atomic E-state index is 6.10. The van der Waals surface area contributed by atoms with Gasteiger partial charge in [0.05, 0.1) is 12.6 Å². The number of guanidine groups is 1. The van der Waals surface area contributed by atoms with Gasteiger partial charge in [-0.2, -0.15) is 0 Å². The minimum Gasteiger partial charge on any atom is -0.490 e. The van der Waals surface area contributed by atoms with Gasteiger partial charge in [0.15, 0.2) is 17.3 Å². The fraction of sp³-hybridized carbons (Fsp3) is 0.391. The maximum atomic E-state index is 6.10. The maximum Gasteiger partial charge on any atom is 0.191 e. The number of nitrogens with one attached hydrogen (secondary N) is 2. The number of nitrogens with zero attached hydrogens (tertiary/aromatic N) is 2. The first-order valence-corrected chi connectivity index (χ1v) is 10.2. The number of furan rings is 1. The molecule has 0 aliphatic carbocycles. The minimum absolute atomic E-state index is 0.0317. The normalized spacial score (nSPS) is 12.8. The first kappa shape index (κ1) is 20.7.